The Hall–Kier alpha value is -0.120. The van der Waals surface area contributed by atoms with Crippen molar-refractivity contribution in [1.29, 1.82) is 0 Å². The van der Waals surface area contributed by atoms with Gasteiger partial charge in [0.15, 0.2) is 0 Å². The number of unbranched alkanes of at least 4 members (excludes halogenated alkanes) is 9. The topological polar surface area (TPSA) is 24.5 Å². The van der Waals surface area contributed by atoms with E-state index in [0.29, 0.717) is 0 Å². The summed E-state index contributed by atoms with van der Waals surface area (Å²) >= 11 is 0. The first-order valence-corrected chi connectivity index (χ1v) is 8.49. The molecule has 1 fully saturated rings. The molecular weight excluding hydrogens is 236 g/mol. The number of hydrazine groups is 1. The zero-order chi connectivity index (χ0) is 13.6. The second-order valence-corrected chi connectivity index (χ2v) is 5.69. The van der Waals surface area contributed by atoms with Crippen molar-refractivity contribution in [3.05, 3.63) is 0 Å². The maximum absolute atomic E-state index is 5.32. The maximum Gasteiger partial charge on any atom is 0.0608 e. The van der Waals surface area contributed by atoms with Crippen LogP contribution in [0.3, 0.4) is 0 Å². The van der Waals surface area contributed by atoms with E-state index in [1.54, 1.807) is 0 Å². The second kappa shape index (κ2) is 12.9. The van der Waals surface area contributed by atoms with Crippen LogP contribution in [-0.4, -0.2) is 37.9 Å². The van der Waals surface area contributed by atoms with Crippen molar-refractivity contribution in [2.24, 2.45) is 0 Å². The van der Waals surface area contributed by atoms with E-state index in [2.05, 4.69) is 17.4 Å². The molecule has 1 heterocycles. The van der Waals surface area contributed by atoms with Crippen LogP contribution in [-0.2, 0) is 4.74 Å². The third-order valence-electron chi connectivity index (χ3n) is 3.88. The predicted molar refractivity (Wildman–Crippen MR) is 82.2 cm³/mol. The lowest BCUT2D eigenvalue weighted by Crippen LogP contribution is -2.45. The molecule has 1 N–H and O–H groups in total. The Labute approximate surface area is 120 Å². The van der Waals surface area contributed by atoms with E-state index < -0.39 is 0 Å². The van der Waals surface area contributed by atoms with Crippen LogP contribution in [0.5, 0.6) is 0 Å². The standard InChI is InChI=1S/C16H34N2O/c1-2-3-4-5-6-7-8-9-10-11-12-17-18-13-15-19-16-14-18/h17H,2-16H2,1H3. The SMILES string of the molecule is CCCCCCCCCCCCNN1CCOCC1. The molecule has 3 heteroatoms. The van der Waals surface area contributed by atoms with Crippen LogP contribution in [0.1, 0.15) is 71.1 Å². The van der Waals surface area contributed by atoms with Crippen molar-refractivity contribution in [3.63, 3.8) is 0 Å². The summed E-state index contributed by atoms with van der Waals surface area (Å²) < 4.78 is 5.32. The molecule has 114 valence electrons. The number of ether oxygens (including phenoxy) is 1. The van der Waals surface area contributed by atoms with Crippen LogP contribution in [0.15, 0.2) is 0 Å². The summed E-state index contributed by atoms with van der Waals surface area (Å²) in [4.78, 5) is 0. The average molecular weight is 270 g/mol. The van der Waals surface area contributed by atoms with Crippen molar-refractivity contribution in [2.45, 2.75) is 71.1 Å². The molecule has 0 saturated carbocycles. The molecule has 0 bridgehead atoms. The summed E-state index contributed by atoms with van der Waals surface area (Å²) in [6.07, 6.45) is 14.1. The first-order valence-electron chi connectivity index (χ1n) is 8.49. The Morgan fingerprint density at radius 2 is 1.32 bits per heavy atom. The fourth-order valence-corrected chi connectivity index (χ4v) is 2.57. The van der Waals surface area contributed by atoms with E-state index in [1.807, 2.05) is 0 Å². The van der Waals surface area contributed by atoms with Gasteiger partial charge in [0.25, 0.3) is 0 Å². The molecule has 0 radical (unpaired) electrons. The lowest BCUT2D eigenvalue weighted by Gasteiger charge is -2.27. The number of nitrogens with zero attached hydrogens (tertiary/aromatic N) is 1. The first-order chi connectivity index (χ1) is 9.43. The number of hydrogen-bond donors (Lipinski definition) is 1. The molecule has 1 rings (SSSR count). The van der Waals surface area contributed by atoms with E-state index in [9.17, 15) is 0 Å². The molecule has 0 aromatic heterocycles. The van der Waals surface area contributed by atoms with E-state index in [4.69, 9.17) is 4.74 Å². The van der Waals surface area contributed by atoms with Gasteiger partial charge in [0.05, 0.1) is 13.2 Å². The molecule has 0 aromatic rings. The summed E-state index contributed by atoms with van der Waals surface area (Å²) in [6, 6.07) is 0. The van der Waals surface area contributed by atoms with Crippen LogP contribution in [0.2, 0.25) is 0 Å². The highest BCUT2D eigenvalue weighted by atomic mass is 16.5. The zero-order valence-corrected chi connectivity index (χ0v) is 13.0. The highest BCUT2D eigenvalue weighted by molar-refractivity contribution is 4.57. The first kappa shape index (κ1) is 16.9. The molecule has 1 aliphatic rings. The molecule has 0 aromatic carbocycles. The smallest absolute Gasteiger partial charge is 0.0608 e. The fraction of sp³-hybridized carbons (Fsp3) is 1.00. The van der Waals surface area contributed by atoms with Crippen LogP contribution in [0, 0.1) is 0 Å². The van der Waals surface area contributed by atoms with Gasteiger partial charge in [0.2, 0.25) is 0 Å². The molecule has 0 unspecified atom stereocenters. The van der Waals surface area contributed by atoms with Gasteiger partial charge >= 0.3 is 0 Å². The maximum atomic E-state index is 5.32. The largest absolute Gasteiger partial charge is 0.379 e. The monoisotopic (exact) mass is 270 g/mol. The van der Waals surface area contributed by atoms with E-state index >= 15 is 0 Å². The van der Waals surface area contributed by atoms with Crippen LogP contribution >= 0.6 is 0 Å². The summed E-state index contributed by atoms with van der Waals surface area (Å²) in [5, 5.41) is 2.30. The van der Waals surface area contributed by atoms with Gasteiger partial charge in [-0.1, -0.05) is 64.7 Å². The van der Waals surface area contributed by atoms with Gasteiger partial charge in [0, 0.05) is 19.6 Å². The predicted octanol–water partition coefficient (Wildman–Crippen LogP) is 3.74. The Morgan fingerprint density at radius 1 is 0.789 bits per heavy atom. The lowest BCUT2D eigenvalue weighted by molar-refractivity contribution is 0.0118. The molecule has 3 nitrogen and oxygen atoms in total. The zero-order valence-electron chi connectivity index (χ0n) is 13.0. The van der Waals surface area contributed by atoms with Crippen molar-refractivity contribution < 1.29 is 4.74 Å². The number of morpholine rings is 1. The van der Waals surface area contributed by atoms with Gasteiger partial charge in [-0.2, -0.15) is 0 Å². The number of hydrogen-bond acceptors (Lipinski definition) is 3. The quantitative estimate of drug-likeness (QED) is 0.547. The van der Waals surface area contributed by atoms with Crippen LogP contribution < -0.4 is 5.43 Å². The van der Waals surface area contributed by atoms with Gasteiger partial charge in [-0.15, -0.1) is 0 Å². The summed E-state index contributed by atoms with van der Waals surface area (Å²) in [6.45, 7) is 7.26. The number of nitrogens with one attached hydrogen (secondary N) is 1. The Balaban J connectivity index is 1.71. The van der Waals surface area contributed by atoms with E-state index in [-0.39, 0.29) is 0 Å². The molecule has 19 heavy (non-hydrogen) atoms. The fourth-order valence-electron chi connectivity index (χ4n) is 2.57. The normalized spacial score (nSPS) is 16.9. The highest BCUT2D eigenvalue weighted by Crippen LogP contribution is 2.10. The van der Waals surface area contributed by atoms with Crippen LogP contribution in [0.4, 0.5) is 0 Å². The van der Waals surface area contributed by atoms with E-state index in [1.165, 1.54) is 64.2 Å². The summed E-state index contributed by atoms with van der Waals surface area (Å²) in [7, 11) is 0. The molecule has 1 aliphatic heterocycles. The van der Waals surface area contributed by atoms with Gasteiger partial charge in [-0.25, -0.2) is 5.01 Å². The van der Waals surface area contributed by atoms with Gasteiger partial charge in [0.1, 0.15) is 0 Å². The van der Waals surface area contributed by atoms with Crippen molar-refractivity contribution in [2.75, 3.05) is 32.8 Å². The minimum atomic E-state index is 0.880. The minimum Gasteiger partial charge on any atom is -0.379 e. The molecule has 0 spiro atoms. The molecule has 0 amide bonds. The lowest BCUT2D eigenvalue weighted by atomic mass is 10.1. The van der Waals surface area contributed by atoms with Gasteiger partial charge in [-0.3, -0.25) is 5.43 Å². The molecular formula is C16H34N2O. The average Bonchev–Trinajstić information content (AvgIpc) is 2.46. The molecule has 1 saturated heterocycles. The van der Waals surface area contributed by atoms with Crippen LogP contribution in [0.25, 0.3) is 0 Å². The Kier molecular flexibility index (Phi) is 11.5. The Morgan fingerprint density at radius 3 is 1.89 bits per heavy atom. The van der Waals surface area contributed by atoms with Crippen molar-refractivity contribution in [3.8, 4) is 0 Å². The second-order valence-electron chi connectivity index (χ2n) is 5.69. The summed E-state index contributed by atoms with van der Waals surface area (Å²) in [5.41, 5.74) is 3.50. The Bertz CT molecular complexity index is 182. The van der Waals surface area contributed by atoms with Crippen molar-refractivity contribution in [1.82, 2.24) is 10.4 Å². The number of rotatable bonds is 12. The molecule has 0 aliphatic carbocycles. The summed E-state index contributed by atoms with van der Waals surface area (Å²) in [5.74, 6) is 0. The van der Waals surface area contributed by atoms with Gasteiger partial charge in [-0.05, 0) is 6.42 Å². The third kappa shape index (κ3) is 10.3. The minimum absolute atomic E-state index is 0.880. The van der Waals surface area contributed by atoms with Crippen molar-refractivity contribution >= 4 is 0 Å². The highest BCUT2D eigenvalue weighted by Gasteiger charge is 2.08. The third-order valence-corrected chi connectivity index (χ3v) is 3.88. The van der Waals surface area contributed by atoms with E-state index in [0.717, 1.165) is 32.8 Å². The van der Waals surface area contributed by atoms with Gasteiger partial charge < -0.3 is 4.74 Å². The molecule has 0 atom stereocenters.